The van der Waals surface area contributed by atoms with E-state index in [0.29, 0.717) is 11.4 Å². The number of methoxy groups -OCH3 is 1. The molecule has 1 fully saturated rings. The third kappa shape index (κ3) is 3.90. The number of amides is 1. The van der Waals surface area contributed by atoms with Crippen LogP contribution >= 0.6 is 0 Å². The number of piperidine rings is 1. The van der Waals surface area contributed by atoms with Gasteiger partial charge < -0.3 is 25.0 Å². The number of aliphatic hydroxyl groups excluding tert-OH is 1. The molecule has 1 saturated heterocycles. The number of para-hydroxylation sites is 1. The predicted octanol–water partition coefficient (Wildman–Crippen LogP) is 1.49. The molecule has 1 aromatic carbocycles. The van der Waals surface area contributed by atoms with Crippen LogP contribution < -0.4 is 10.2 Å². The molecule has 7 nitrogen and oxygen atoms in total. The van der Waals surface area contributed by atoms with Gasteiger partial charge in [-0.25, -0.2) is 9.18 Å². The van der Waals surface area contributed by atoms with E-state index < -0.39 is 11.9 Å². The van der Waals surface area contributed by atoms with Gasteiger partial charge in [0.1, 0.15) is 11.5 Å². The Morgan fingerprint density at radius 3 is 2.70 bits per heavy atom. The van der Waals surface area contributed by atoms with Gasteiger partial charge in [0.15, 0.2) is 0 Å². The summed E-state index contributed by atoms with van der Waals surface area (Å²) in [7, 11) is 1.24. The topological polar surface area (TPSA) is 82.1 Å². The Morgan fingerprint density at radius 1 is 1.30 bits per heavy atom. The van der Waals surface area contributed by atoms with E-state index in [2.05, 4.69) is 5.32 Å². The van der Waals surface area contributed by atoms with E-state index in [1.807, 2.05) is 4.90 Å². The van der Waals surface area contributed by atoms with Crippen LogP contribution in [0.4, 0.5) is 15.8 Å². The number of ether oxygens (including phenoxy) is 1. The first-order chi connectivity index (χ1) is 13.1. The number of nitrogens with one attached hydrogen (secondary N) is 1. The summed E-state index contributed by atoms with van der Waals surface area (Å²) in [5, 5.41) is 12.1. The standard InChI is InChI=1S/C19H24FN3O4/c1-27-19(26)13-12-23(10-11-24)18(25)16(13)21-15-7-5-6-14(20)17(15)22-8-3-2-4-9-22/h5-7,21,24H,2-4,8-12H2,1H3. The van der Waals surface area contributed by atoms with Crippen molar-refractivity contribution < 1.29 is 23.8 Å². The molecule has 0 bridgehead atoms. The van der Waals surface area contributed by atoms with Gasteiger partial charge in [-0.2, -0.15) is 0 Å². The quantitative estimate of drug-likeness (QED) is 0.731. The Balaban J connectivity index is 1.96. The monoisotopic (exact) mass is 377 g/mol. The number of anilines is 2. The minimum atomic E-state index is -0.623. The number of benzene rings is 1. The summed E-state index contributed by atoms with van der Waals surface area (Å²) in [6.07, 6.45) is 3.07. The van der Waals surface area contributed by atoms with Crippen LogP contribution in [0.25, 0.3) is 0 Å². The highest BCUT2D eigenvalue weighted by Crippen LogP contribution is 2.34. The van der Waals surface area contributed by atoms with Gasteiger partial charge in [0.05, 0.1) is 37.2 Å². The number of rotatable bonds is 6. The number of esters is 1. The van der Waals surface area contributed by atoms with E-state index >= 15 is 0 Å². The van der Waals surface area contributed by atoms with Gasteiger partial charge in [-0.1, -0.05) is 6.07 Å². The average molecular weight is 377 g/mol. The number of nitrogens with zero attached hydrogens (tertiary/aromatic N) is 2. The average Bonchev–Trinajstić information content (AvgIpc) is 2.98. The second-order valence-electron chi connectivity index (χ2n) is 6.60. The van der Waals surface area contributed by atoms with Gasteiger partial charge in [0, 0.05) is 19.6 Å². The zero-order chi connectivity index (χ0) is 19.4. The van der Waals surface area contributed by atoms with Crippen LogP contribution in [0, 0.1) is 5.82 Å². The van der Waals surface area contributed by atoms with Gasteiger partial charge in [-0.3, -0.25) is 4.79 Å². The van der Waals surface area contributed by atoms with E-state index in [-0.39, 0.29) is 36.8 Å². The van der Waals surface area contributed by atoms with Crippen molar-refractivity contribution >= 4 is 23.3 Å². The van der Waals surface area contributed by atoms with Gasteiger partial charge >= 0.3 is 5.97 Å². The molecule has 27 heavy (non-hydrogen) atoms. The second-order valence-corrected chi connectivity index (χ2v) is 6.60. The molecule has 1 aromatic rings. The van der Waals surface area contributed by atoms with Crippen LogP contribution in [-0.2, 0) is 14.3 Å². The Labute approximate surface area is 157 Å². The maximum absolute atomic E-state index is 14.6. The van der Waals surface area contributed by atoms with Gasteiger partial charge in [-0.05, 0) is 31.4 Å². The van der Waals surface area contributed by atoms with Crippen molar-refractivity contribution in [2.75, 3.05) is 50.1 Å². The van der Waals surface area contributed by atoms with E-state index in [4.69, 9.17) is 9.84 Å². The van der Waals surface area contributed by atoms with Crippen molar-refractivity contribution in [3.05, 3.63) is 35.3 Å². The van der Waals surface area contributed by atoms with E-state index in [0.717, 1.165) is 32.4 Å². The number of β-amino-alcohol motifs (C(OH)–C–C–N with tert-alkyl or cyclic N) is 1. The lowest BCUT2D eigenvalue weighted by molar-refractivity contribution is -0.136. The lowest BCUT2D eigenvalue weighted by Gasteiger charge is -2.31. The molecule has 1 amide bonds. The molecule has 2 N–H and O–H groups in total. The number of halogens is 1. The molecule has 0 spiro atoms. The molecule has 3 rings (SSSR count). The third-order valence-corrected chi connectivity index (χ3v) is 4.87. The molecule has 0 atom stereocenters. The number of hydrogen-bond acceptors (Lipinski definition) is 6. The zero-order valence-electron chi connectivity index (χ0n) is 15.3. The summed E-state index contributed by atoms with van der Waals surface area (Å²) in [5.41, 5.74) is 1.08. The molecular formula is C19H24FN3O4. The summed E-state index contributed by atoms with van der Waals surface area (Å²) in [6, 6.07) is 4.64. The molecule has 0 saturated carbocycles. The van der Waals surface area contributed by atoms with Gasteiger partial charge in [-0.15, -0.1) is 0 Å². The molecule has 0 aromatic heterocycles. The smallest absolute Gasteiger partial charge is 0.337 e. The molecule has 8 heteroatoms. The Kier molecular flexibility index (Phi) is 5.95. The predicted molar refractivity (Wildman–Crippen MR) is 98.8 cm³/mol. The Bertz CT molecular complexity index is 759. The van der Waals surface area contributed by atoms with Crippen molar-refractivity contribution in [3.63, 3.8) is 0 Å². The van der Waals surface area contributed by atoms with Crippen LogP contribution in [-0.4, -0.2) is 61.8 Å². The summed E-state index contributed by atoms with van der Waals surface area (Å²) < 4.78 is 19.4. The van der Waals surface area contributed by atoms with Crippen LogP contribution in [0.2, 0.25) is 0 Å². The molecule has 2 aliphatic heterocycles. The highest BCUT2D eigenvalue weighted by Gasteiger charge is 2.35. The number of carbonyl (C=O) groups is 2. The van der Waals surface area contributed by atoms with E-state index in [1.165, 1.54) is 18.1 Å². The number of hydrogen-bond donors (Lipinski definition) is 2. The van der Waals surface area contributed by atoms with Gasteiger partial charge in [0.2, 0.25) is 0 Å². The molecule has 146 valence electrons. The lowest BCUT2D eigenvalue weighted by Crippen LogP contribution is -2.32. The fraction of sp³-hybridized carbons (Fsp3) is 0.474. The molecule has 2 heterocycles. The van der Waals surface area contributed by atoms with Crippen molar-refractivity contribution in [3.8, 4) is 0 Å². The summed E-state index contributed by atoms with van der Waals surface area (Å²) in [5.74, 6) is -1.42. The molecule has 0 radical (unpaired) electrons. The fourth-order valence-electron chi connectivity index (χ4n) is 3.54. The first-order valence-electron chi connectivity index (χ1n) is 9.09. The van der Waals surface area contributed by atoms with Crippen LogP contribution in [0.5, 0.6) is 0 Å². The largest absolute Gasteiger partial charge is 0.466 e. The summed E-state index contributed by atoms with van der Waals surface area (Å²) >= 11 is 0. The highest BCUT2D eigenvalue weighted by atomic mass is 19.1. The Morgan fingerprint density at radius 2 is 2.04 bits per heavy atom. The van der Waals surface area contributed by atoms with Crippen molar-refractivity contribution in [1.29, 1.82) is 0 Å². The van der Waals surface area contributed by atoms with Crippen LogP contribution in [0.3, 0.4) is 0 Å². The molecule has 2 aliphatic rings. The number of aliphatic hydroxyl groups is 1. The maximum Gasteiger partial charge on any atom is 0.337 e. The van der Waals surface area contributed by atoms with Crippen molar-refractivity contribution in [2.45, 2.75) is 19.3 Å². The first-order valence-corrected chi connectivity index (χ1v) is 9.09. The van der Waals surface area contributed by atoms with Crippen LogP contribution in [0.15, 0.2) is 29.5 Å². The van der Waals surface area contributed by atoms with Crippen molar-refractivity contribution in [2.24, 2.45) is 0 Å². The normalized spacial score (nSPS) is 17.5. The first kappa shape index (κ1) is 19.2. The summed E-state index contributed by atoms with van der Waals surface area (Å²) in [6.45, 7) is 1.41. The van der Waals surface area contributed by atoms with E-state index in [9.17, 15) is 14.0 Å². The molecule has 0 aliphatic carbocycles. The summed E-state index contributed by atoms with van der Waals surface area (Å²) in [4.78, 5) is 28.1. The zero-order valence-corrected chi connectivity index (χ0v) is 15.3. The fourth-order valence-corrected chi connectivity index (χ4v) is 3.54. The molecular weight excluding hydrogens is 353 g/mol. The lowest BCUT2D eigenvalue weighted by atomic mass is 10.1. The molecule has 0 unspecified atom stereocenters. The minimum absolute atomic E-state index is 0.0444. The van der Waals surface area contributed by atoms with Crippen LogP contribution in [0.1, 0.15) is 19.3 Å². The van der Waals surface area contributed by atoms with Gasteiger partial charge in [0.25, 0.3) is 5.91 Å². The van der Waals surface area contributed by atoms with Crippen molar-refractivity contribution in [1.82, 2.24) is 4.90 Å². The SMILES string of the molecule is COC(=O)C1=C(Nc2cccc(F)c2N2CCCCC2)C(=O)N(CCO)C1. The minimum Gasteiger partial charge on any atom is -0.466 e. The second kappa shape index (κ2) is 8.39. The highest BCUT2D eigenvalue weighted by molar-refractivity contribution is 6.09. The number of carbonyl (C=O) groups excluding carboxylic acids is 2. The third-order valence-electron chi connectivity index (χ3n) is 4.87. The Hall–Kier alpha value is -2.61. The maximum atomic E-state index is 14.6. The van der Waals surface area contributed by atoms with E-state index in [1.54, 1.807) is 12.1 Å².